The SMILES string of the molecule is CC1(O)CCC2CC1(O)C2(C)C.CC1(O)CCC2CC1(O)C2(C)C.[B].[B]. The van der Waals surface area contributed by atoms with Crippen LogP contribution in [0.3, 0.4) is 0 Å². The third-order valence-electron chi connectivity index (χ3n) is 9.00. The molecule has 0 aromatic rings. The lowest BCUT2D eigenvalue weighted by Crippen LogP contribution is -2.74. The molecular weight excluding hydrogens is 326 g/mol. The van der Waals surface area contributed by atoms with Gasteiger partial charge in [0.05, 0.1) is 22.4 Å². The van der Waals surface area contributed by atoms with E-state index in [0.29, 0.717) is 11.8 Å². The van der Waals surface area contributed by atoms with Crippen LogP contribution in [0.25, 0.3) is 0 Å². The maximum atomic E-state index is 10.2. The van der Waals surface area contributed by atoms with Gasteiger partial charge in [0.25, 0.3) is 0 Å². The van der Waals surface area contributed by atoms with Crippen molar-refractivity contribution in [2.24, 2.45) is 22.7 Å². The Hall–Kier alpha value is -0.0301. The minimum Gasteiger partial charge on any atom is -0.387 e. The molecule has 6 saturated carbocycles. The first kappa shape index (κ1) is 24.0. The van der Waals surface area contributed by atoms with Crippen LogP contribution in [-0.4, -0.2) is 59.7 Å². The van der Waals surface area contributed by atoms with Crippen molar-refractivity contribution in [3.8, 4) is 0 Å². The molecule has 6 aliphatic rings. The maximum Gasteiger partial charge on any atom is 0.0986 e. The van der Waals surface area contributed by atoms with Gasteiger partial charge in [-0.15, -0.1) is 0 Å². The summed E-state index contributed by atoms with van der Waals surface area (Å²) in [5.41, 5.74) is -3.58. The molecule has 6 unspecified atom stereocenters. The molecule has 0 heterocycles. The Morgan fingerprint density at radius 3 is 1.00 bits per heavy atom. The minimum atomic E-state index is -0.870. The van der Waals surface area contributed by atoms with Gasteiger partial charge >= 0.3 is 0 Å². The van der Waals surface area contributed by atoms with Gasteiger partial charge in [0.15, 0.2) is 0 Å². The zero-order valence-corrected chi connectivity index (χ0v) is 17.3. The summed E-state index contributed by atoms with van der Waals surface area (Å²) in [6.45, 7) is 11.8. The van der Waals surface area contributed by atoms with Gasteiger partial charge in [-0.05, 0) is 75.0 Å². The number of hydrogen-bond donors (Lipinski definition) is 4. The van der Waals surface area contributed by atoms with Crippen molar-refractivity contribution in [2.75, 3.05) is 0 Å². The van der Waals surface area contributed by atoms with E-state index in [1.165, 1.54) is 0 Å². The van der Waals surface area contributed by atoms with Gasteiger partial charge in [-0.25, -0.2) is 0 Å². The molecule has 6 atom stereocenters. The number of rotatable bonds is 0. The van der Waals surface area contributed by atoms with E-state index < -0.39 is 22.4 Å². The minimum absolute atomic E-state index is 0. The van der Waals surface area contributed by atoms with Crippen molar-refractivity contribution in [1.82, 2.24) is 0 Å². The zero-order valence-electron chi connectivity index (χ0n) is 17.3. The molecule has 0 saturated heterocycles. The summed E-state index contributed by atoms with van der Waals surface area (Å²) in [5.74, 6) is 1.23. The van der Waals surface area contributed by atoms with Gasteiger partial charge in [0.2, 0.25) is 0 Å². The molecule has 6 heteroatoms. The van der Waals surface area contributed by atoms with Crippen LogP contribution in [0, 0.1) is 22.7 Å². The van der Waals surface area contributed by atoms with Crippen LogP contribution in [0.1, 0.15) is 80.1 Å². The third kappa shape index (κ3) is 2.58. The van der Waals surface area contributed by atoms with Crippen LogP contribution in [0.4, 0.5) is 0 Å². The van der Waals surface area contributed by atoms with Gasteiger partial charge < -0.3 is 20.4 Å². The van der Waals surface area contributed by atoms with Gasteiger partial charge in [0, 0.05) is 16.8 Å². The first-order chi connectivity index (χ1) is 10.6. The Morgan fingerprint density at radius 1 is 0.577 bits per heavy atom. The number of aliphatic hydroxyl groups is 4. The first-order valence-electron chi connectivity index (χ1n) is 9.52. The molecule has 4 N–H and O–H groups in total. The van der Waals surface area contributed by atoms with Crippen LogP contribution in [-0.2, 0) is 0 Å². The van der Waals surface area contributed by atoms with E-state index in [2.05, 4.69) is 27.7 Å². The lowest BCUT2D eigenvalue weighted by molar-refractivity contribution is -0.312. The molecule has 6 rings (SSSR count). The van der Waals surface area contributed by atoms with E-state index in [1.54, 1.807) is 13.8 Å². The van der Waals surface area contributed by atoms with E-state index in [-0.39, 0.29) is 27.7 Å². The average Bonchev–Trinajstić information content (AvgIpc) is 2.44. The maximum absolute atomic E-state index is 10.2. The molecule has 0 aromatic carbocycles. The summed E-state index contributed by atoms with van der Waals surface area (Å²) >= 11 is 0. The van der Waals surface area contributed by atoms with Gasteiger partial charge in [-0.3, -0.25) is 0 Å². The molecule has 0 amide bonds. The fourth-order valence-corrected chi connectivity index (χ4v) is 6.24. The Bertz CT molecular complexity index is 478. The molecule has 6 aliphatic carbocycles. The smallest absolute Gasteiger partial charge is 0.0986 e. The van der Waals surface area contributed by atoms with Gasteiger partial charge in [-0.1, -0.05) is 27.7 Å². The Kier molecular flexibility index (Phi) is 5.76. The summed E-state index contributed by atoms with van der Waals surface area (Å²) in [6.07, 6.45) is 5.18. The van der Waals surface area contributed by atoms with E-state index in [0.717, 1.165) is 38.5 Å². The Labute approximate surface area is 162 Å². The largest absolute Gasteiger partial charge is 0.387 e. The first-order valence-corrected chi connectivity index (χ1v) is 9.52. The van der Waals surface area contributed by atoms with Crippen LogP contribution < -0.4 is 0 Å². The molecular formula is C20H36B2O4. The van der Waals surface area contributed by atoms with E-state index in [4.69, 9.17) is 0 Å². The van der Waals surface area contributed by atoms with E-state index in [1.807, 2.05) is 0 Å². The highest BCUT2D eigenvalue weighted by molar-refractivity contribution is 5.76. The Balaban J connectivity index is 0.000000241. The summed E-state index contributed by atoms with van der Waals surface area (Å²) in [5, 5.41) is 40.5. The normalized spacial score (nSPS) is 51.9. The van der Waals surface area contributed by atoms with Gasteiger partial charge in [-0.2, -0.15) is 0 Å². The summed E-state index contributed by atoms with van der Waals surface area (Å²) in [4.78, 5) is 0. The standard InChI is InChI=1S/2C10H18O2.2B/c2*1-8(2)7-4-5-9(3,11)10(8,12)6-7;;/h2*7,11-12H,4-6H2,1-3H3;;. The quantitative estimate of drug-likeness (QED) is 0.496. The molecule has 26 heavy (non-hydrogen) atoms. The fourth-order valence-electron chi connectivity index (χ4n) is 6.24. The zero-order chi connectivity index (χ0) is 18.4. The predicted molar refractivity (Wildman–Crippen MR) is 105 cm³/mol. The second kappa shape index (κ2) is 6.23. The molecule has 6 fully saturated rings. The summed E-state index contributed by atoms with van der Waals surface area (Å²) < 4.78 is 0. The third-order valence-corrected chi connectivity index (χ3v) is 9.00. The second-order valence-corrected chi connectivity index (χ2v) is 10.6. The van der Waals surface area contributed by atoms with Gasteiger partial charge in [0.1, 0.15) is 0 Å². The molecule has 6 radical (unpaired) electrons. The molecule has 0 aliphatic heterocycles. The highest BCUT2D eigenvalue weighted by atomic mass is 16.4. The highest BCUT2D eigenvalue weighted by Gasteiger charge is 2.70. The Morgan fingerprint density at radius 2 is 0.846 bits per heavy atom. The van der Waals surface area contributed by atoms with Crippen molar-refractivity contribution in [3.63, 3.8) is 0 Å². The highest BCUT2D eigenvalue weighted by Crippen LogP contribution is 2.66. The monoisotopic (exact) mass is 362 g/mol. The molecule has 146 valence electrons. The van der Waals surface area contributed by atoms with Crippen LogP contribution in [0.15, 0.2) is 0 Å². The van der Waals surface area contributed by atoms with Crippen LogP contribution >= 0.6 is 0 Å². The summed E-state index contributed by atoms with van der Waals surface area (Å²) in [7, 11) is 0. The average molecular weight is 362 g/mol. The van der Waals surface area contributed by atoms with Crippen molar-refractivity contribution in [1.29, 1.82) is 0 Å². The fraction of sp³-hybridized carbons (Fsp3) is 1.00. The lowest BCUT2D eigenvalue weighted by Gasteiger charge is -2.68. The van der Waals surface area contributed by atoms with E-state index in [9.17, 15) is 20.4 Å². The molecule has 0 spiro atoms. The van der Waals surface area contributed by atoms with Crippen molar-refractivity contribution in [2.45, 2.75) is 102 Å². The summed E-state index contributed by atoms with van der Waals surface area (Å²) in [6, 6.07) is 0. The van der Waals surface area contributed by atoms with Crippen molar-refractivity contribution < 1.29 is 20.4 Å². The number of hydrogen-bond acceptors (Lipinski definition) is 4. The van der Waals surface area contributed by atoms with Crippen LogP contribution in [0.5, 0.6) is 0 Å². The number of fused-ring (bicyclic) bond motifs is 4. The van der Waals surface area contributed by atoms with Crippen molar-refractivity contribution >= 4 is 16.8 Å². The van der Waals surface area contributed by atoms with Crippen molar-refractivity contribution in [3.05, 3.63) is 0 Å². The second-order valence-electron chi connectivity index (χ2n) is 10.6. The molecule has 0 aromatic heterocycles. The van der Waals surface area contributed by atoms with E-state index >= 15 is 0 Å². The lowest BCUT2D eigenvalue weighted by atomic mass is 9.41. The molecule has 4 nitrogen and oxygen atoms in total. The molecule has 4 bridgehead atoms. The van der Waals surface area contributed by atoms with Crippen LogP contribution in [0.2, 0.25) is 0 Å². The topological polar surface area (TPSA) is 80.9 Å². The predicted octanol–water partition coefficient (Wildman–Crippen LogP) is 1.86.